The molecule has 0 unspecified atom stereocenters. The smallest absolute Gasteiger partial charge is 0.314 e. The van der Waals surface area contributed by atoms with E-state index in [-0.39, 0.29) is 0 Å². The van der Waals surface area contributed by atoms with E-state index in [2.05, 4.69) is 15.9 Å². The van der Waals surface area contributed by atoms with Crippen LogP contribution in [0.3, 0.4) is 0 Å². The predicted molar refractivity (Wildman–Crippen MR) is 84.9 cm³/mol. The van der Waals surface area contributed by atoms with Gasteiger partial charge in [0, 0.05) is 0 Å². The summed E-state index contributed by atoms with van der Waals surface area (Å²) in [6.45, 7) is 0. The van der Waals surface area contributed by atoms with Crippen LogP contribution in [0.25, 0.3) is 0 Å². The number of rotatable bonds is 4. The summed E-state index contributed by atoms with van der Waals surface area (Å²) in [5.74, 6) is 0.0684. The molecule has 0 radical (unpaired) electrons. The maximum atomic E-state index is 11.9. The van der Waals surface area contributed by atoms with E-state index in [1.54, 1.807) is 18.9 Å². The Hall–Kier alpha value is -0.680. The summed E-state index contributed by atoms with van der Waals surface area (Å²) >= 11 is 5.08. The van der Waals surface area contributed by atoms with Crippen molar-refractivity contribution in [3.63, 3.8) is 0 Å². The molecule has 0 amide bonds. The molecule has 110 valence electrons. The second kappa shape index (κ2) is 6.39. The van der Waals surface area contributed by atoms with Crippen molar-refractivity contribution >= 4 is 33.7 Å². The van der Waals surface area contributed by atoms with Crippen LogP contribution in [0.4, 0.5) is 0 Å². The average Bonchev–Trinajstić information content (AvgIpc) is 2.46. The van der Waals surface area contributed by atoms with Crippen LogP contribution in [0.5, 0.6) is 5.75 Å². The number of carbonyl (C=O) groups is 1. The van der Waals surface area contributed by atoms with Gasteiger partial charge in [-0.25, -0.2) is 0 Å². The molecule has 0 heterocycles. The Kier molecular flexibility index (Phi) is 5.02. The minimum absolute atomic E-state index is 0.707. The molecule has 0 aromatic heterocycles. The van der Waals surface area contributed by atoms with Crippen molar-refractivity contribution in [3.8, 4) is 5.75 Å². The molecular formula is C15H19BrO3S. The largest absolute Gasteiger partial charge is 0.494 e. The number of ether oxygens (including phenoxy) is 1. The Morgan fingerprint density at radius 3 is 2.50 bits per heavy atom. The topological polar surface area (TPSA) is 46.5 Å². The molecule has 1 saturated carbocycles. The molecule has 0 atom stereocenters. The molecular weight excluding hydrogens is 340 g/mol. The van der Waals surface area contributed by atoms with Gasteiger partial charge in [-0.3, -0.25) is 4.79 Å². The first-order chi connectivity index (χ1) is 9.55. The summed E-state index contributed by atoms with van der Waals surface area (Å²) in [4.78, 5) is 12.9. The Morgan fingerprint density at radius 1 is 1.35 bits per heavy atom. The molecule has 0 aliphatic heterocycles. The number of carboxylic acid groups (broad SMARTS) is 1. The summed E-state index contributed by atoms with van der Waals surface area (Å²) in [6.07, 6.45) is 6.49. The number of benzene rings is 1. The Morgan fingerprint density at radius 2 is 2.00 bits per heavy atom. The highest BCUT2D eigenvalue weighted by atomic mass is 79.9. The van der Waals surface area contributed by atoms with Crippen molar-refractivity contribution in [1.82, 2.24) is 0 Å². The highest BCUT2D eigenvalue weighted by Gasteiger charge is 2.41. The maximum absolute atomic E-state index is 11.9. The van der Waals surface area contributed by atoms with Crippen LogP contribution >= 0.6 is 27.7 Å². The molecule has 1 aromatic carbocycles. The molecule has 0 spiro atoms. The van der Waals surface area contributed by atoms with Crippen LogP contribution < -0.4 is 4.74 Å². The first-order valence-corrected chi connectivity index (χ1v) is 8.72. The summed E-state index contributed by atoms with van der Waals surface area (Å²) in [5.41, 5.74) is 0.152. The van der Waals surface area contributed by atoms with Gasteiger partial charge in [0.25, 0.3) is 0 Å². The number of thioether (sulfide) groups is 1. The number of aliphatic carboxylic acids is 1. The van der Waals surface area contributed by atoms with Gasteiger partial charge in [0.15, 0.2) is 0 Å². The highest BCUT2D eigenvalue weighted by molar-refractivity contribution is 9.10. The van der Waals surface area contributed by atoms with E-state index < -0.39 is 11.4 Å². The van der Waals surface area contributed by atoms with Crippen molar-refractivity contribution in [2.45, 2.75) is 42.4 Å². The molecule has 1 N–H and O–H groups in total. The van der Waals surface area contributed by atoms with Gasteiger partial charge in [0.1, 0.15) is 5.75 Å². The lowest BCUT2D eigenvalue weighted by molar-refractivity contribution is -0.145. The van der Waals surface area contributed by atoms with Crippen LogP contribution in [0.1, 0.15) is 37.7 Å². The summed E-state index contributed by atoms with van der Waals surface area (Å²) < 4.78 is 6.21. The normalized spacial score (nSPS) is 17.8. The zero-order valence-electron chi connectivity index (χ0n) is 11.7. The SMILES string of the molecule is COc1c(Br)cc(C2(C(=O)O)CCCCC2)cc1SC. The number of hydrogen-bond acceptors (Lipinski definition) is 3. The van der Waals surface area contributed by atoms with E-state index in [9.17, 15) is 9.90 Å². The van der Waals surface area contributed by atoms with Crippen molar-refractivity contribution in [1.29, 1.82) is 0 Å². The molecule has 0 bridgehead atoms. The average molecular weight is 359 g/mol. The molecule has 1 aliphatic rings. The van der Waals surface area contributed by atoms with Crippen molar-refractivity contribution in [3.05, 3.63) is 22.2 Å². The molecule has 0 saturated heterocycles. The lowest BCUT2D eigenvalue weighted by Crippen LogP contribution is -2.37. The maximum Gasteiger partial charge on any atom is 0.314 e. The third kappa shape index (κ3) is 2.70. The molecule has 20 heavy (non-hydrogen) atoms. The molecule has 1 fully saturated rings. The molecule has 5 heteroatoms. The van der Waals surface area contributed by atoms with Gasteiger partial charge in [-0.1, -0.05) is 19.3 Å². The first-order valence-electron chi connectivity index (χ1n) is 6.70. The summed E-state index contributed by atoms with van der Waals surface area (Å²) in [5, 5.41) is 9.77. The second-order valence-corrected chi connectivity index (χ2v) is 6.84. The third-order valence-corrected chi connectivity index (χ3v) is 5.43. The highest BCUT2D eigenvalue weighted by Crippen LogP contribution is 2.45. The minimum atomic E-state index is -0.739. The van der Waals surface area contributed by atoms with Gasteiger partial charge in [-0.05, 0) is 52.7 Å². The van der Waals surface area contributed by atoms with E-state index >= 15 is 0 Å². The fraction of sp³-hybridized carbons (Fsp3) is 0.533. The van der Waals surface area contributed by atoms with Crippen molar-refractivity contribution < 1.29 is 14.6 Å². The lowest BCUT2D eigenvalue weighted by Gasteiger charge is -2.34. The predicted octanol–water partition coefficient (Wildman–Crippen LogP) is 4.47. The quantitative estimate of drug-likeness (QED) is 0.806. The number of halogens is 1. The summed E-state index contributed by atoms with van der Waals surface area (Å²) in [7, 11) is 1.63. The van der Waals surface area contributed by atoms with Crippen LogP contribution in [-0.2, 0) is 10.2 Å². The van der Waals surface area contributed by atoms with Crippen LogP contribution in [0.2, 0.25) is 0 Å². The Balaban J connectivity index is 2.54. The third-order valence-electron chi connectivity index (χ3n) is 4.10. The van der Waals surface area contributed by atoms with E-state index in [0.29, 0.717) is 0 Å². The Labute approximate surface area is 132 Å². The zero-order valence-corrected chi connectivity index (χ0v) is 14.1. The van der Waals surface area contributed by atoms with Gasteiger partial charge >= 0.3 is 5.97 Å². The molecule has 3 nitrogen and oxygen atoms in total. The van der Waals surface area contributed by atoms with Gasteiger partial charge in [-0.2, -0.15) is 0 Å². The van der Waals surface area contributed by atoms with Crippen LogP contribution in [0.15, 0.2) is 21.5 Å². The zero-order chi connectivity index (χ0) is 14.8. The van der Waals surface area contributed by atoms with E-state index in [0.717, 1.165) is 52.8 Å². The summed E-state index contributed by atoms with van der Waals surface area (Å²) in [6, 6.07) is 3.89. The van der Waals surface area contributed by atoms with Gasteiger partial charge in [0.05, 0.1) is 21.9 Å². The van der Waals surface area contributed by atoms with Crippen LogP contribution in [0, 0.1) is 0 Å². The van der Waals surface area contributed by atoms with E-state index in [4.69, 9.17) is 4.74 Å². The van der Waals surface area contributed by atoms with Gasteiger partial charge < -0.3 is 9.84 Å². The number of methoxy groups -OCH3 is 1. The first kappa shape index (κ1) is 15.7. The molecule has 2 rings (SSSR count). The lowest BCUT2D eigenvalue weighted by atomic mass is 9.69. The number of carboxylic acids is 1. The van der Waals surface area contributed by atoms with Gasteiger partial charge in [0.2, 0.25) is 0 Å². The van der Waals surface area contributed by atoms with Crippen molar-refractivity contribution in [2.75, 3.05) is 13.4 Å². The fourth-order valence-electron chi connectivity index (χ4n) is 2.98. The fourth-order valence-corrected chi connectivity index (χ4v) is 4.35. The minimum Gasteiger partial charge on any atom is -0.494 e. The van der Waals surface area contributed by atoms with Crippen LogP contribution in [-0.4, -0.2) is 24.4 Å². The number of hydrogen-bond donors (Lipinski definition) is 1. The second-order valence-electron chi connectivity index (χ2n) is 5.14. The van der Waals surface area contributed by atoms with Gasteiger partial charge in [-0.15, -0.1) is 11.8 Å². The Bertz CT molecular complexity index is 510. The standard InChI is InChI=1S/C15H19BrO3S/c1-19-13-11(16)8-10(9-12(13)20-2)15(14(17)18)6-4-3-5-7-15/h8-9H,3-7H2,1-2H3,(H,17,18). The van der Waals surface area contributed by atoms with Crippen molar-refractivity contribution in [2.24, 2.45) is 0 Å². The van der Waals surface area contributed by atoms with E-state index in [1.807, 2.05) is 18.4 Å². The monoisotopic (exact) mass is 358 g/mol. The molecule has 1 aliphatic carbocycles. The van der Waals surface area contributed by atoms with E-state index in [1.165, 1.54) is 0 Å². The molecule has 1 aromatic rings.